The van der Waals surface area contributed by atoms with Gasteiger partial charge in [-0.25, -0.2) is 0 Å². The van der Waals surface area contributed by atoms with Crippen LogP contribution in [0.5, 0.6) is 0 Å². The van der Waals surface area contributed by atoms with E-state index in [0.29, 0.717) is 0 Å². The molecule has 0 aliphatic heterocycles. The van der Waals surface area contributed by atoms with E-state index >= 15 is 0 Å². The molecule has 1 saturated carbocycles. The SMILES string of the molecule is Cc1nn(C)c(Cl)c1CSCC1CCCC1. The maximum absolute atomic E-state index is 6.20. The van der Waals surface area contributed by atoms with Gasteiger partial charge >= 0.3 is 0 Å². The molecule has 1 aromatic rings. The average Bonchev–Trinajstić information content (AvgIpc) is 2.82. The van der Waals surface area contributed by atoms with Gasteiger partial charge in [-0.2, -0.15) is 16.9 Å². The van der Waals surface area contributed by atoms with Crippen LogP contribution in [0, 0.1) is 12.8 Å². The van der Waals surface area contributed by atoms with Gasteiger partial charge in [0, 0.05) is 18.4 Å². The second kappa shape index (κ2) is 5.46. The van der Waals surface area contributed by atoms with Crippen LogP contribution in [0.3, 0.4) is 0 Å². The van der Waals surface area contributed by atoms with Crippen LogP contribution in [-0.2, 0) is 12.8 Å². The monoisotopic (exact) mass is 258 g/mol. The molecule has 0 saturated heterocycles. The van der Waals surface area contributed by atoms with E-state index in [1.165, 1.54) is 37.0 Å². The van der Waals surface area contributed by atoms with Crippen LogP contribution in [0.4, 0.5) is 0 Å². The summed E-state index contributed by atoms with van der Waals surface area (Å²) in [6, 6.07) is 0. The highest BCUT2D eigenvalue weighted by Crippen LogP contribution is 2.30. The summed E-state index contributed by atoms with van der Waals surface area (Å²) in [4.78, 5) is 0. The van der Waals surface area contributed by atoms with Crippen molar-refractivity contribution in [3.8, 4) is 0 Å². The molecular formula is C12H19ClN2S. The van der Waals surface area contributed by atoms with E-state index < -0.39 is 0 Å². The van der Waals surface area contributed by atoms with Gasteiger partial charge in [-0.15, -0.1) is 0 Å². The largest absolute Gasteiger partial charge is 0.257 e. The predicted octanol–water partition coefficient (Wildman–Crippen LogP) is 3.81. The molecule has 1 aromatic heterocycles. The van der Waals surface area contributed by atoms with Gasteiger partial charge in [0.2, 0.25) is 0 Å². The number of halogens is 1. The molecule has 2 rings (SSSR count). The van der Waals surface area contributed by atoms with E-state index in [9.17, 15) is 0 Å². The number of hydrogen-bond acceptors (Lipinski definition) is 2. The fourth-order valence-corrected chi connectivity index (χ4v) is 4.00. The Kier molecular flexibility index (Phi) is 4.20. The molecule has 0 spiro atoms. The predicted molar refractivity (Wildman–Crippen MR) is 71.1 cm³/mol. The third-order valence-corrected chi connectivity index (χ3v) is 5.02. The fraction of sp³-hybridized carbons (Fsp3) is 0.750. The Morgan fingerprint density at radius 2 is 2.12 bits per heavy atom. The Bertz CT molecular complexity index is 356. The topological polar surface area (TPSA) is 17.8 Å². The number of hydrogen-bond donors (Lipinski definition) is 0. The Balaban J connectivity index is 1.84. The van der Waals surface area contributed by atoms with Crippen LogP contribution in [0.25, 0.3) is 0 Å². The molecule has 0 unspecified atom stereocenters. The summed E-state index contributed by atoms with van der Waals surface area (Å²) in [6.45, 7) is 2.04. The second-order valence-electron chi connectivity index (χ2n) is 4.64. The highest BCUT2D eigenvalue weighted by Gasteiger charge is 2.16. The van der Waals surface area contributed by atoms with Crippen molar-refractivity contribution in [2.75, 3.05) is 5.75 Å². The standard InChI is InChI=1S/C12H19ClN2S/c1-9-11(12(13)15(2)14-9)8-16-7-10-5-3-4-6-10/h10H,3-8H2,1-2H3. The van der Waals surface area contributed by atoms with E-state index in [4.69, 9.17) is 11.6 Å². The van der Waals surface area contributed by atoms with Gasteiger partial charge in [-0.05, 0) is 31.4 Å². The first-order chi connectivity index (χ1) is 7.68. The zero-order valence-electron chi connectivity index (χ0n) is 10.0. The molecule has 1 aliphatic carbocycles. The lowest BCUT2D eigenvalue weighted by molar-refractivity contribution is 0.623. The maximum atomic E-state index is 6.20. The van der Waals surface area contributed by atoms with E-state index in [-0.39, 0.29) is 0 Å². The van der Waals surface area contributed by atoms with E-state index in [2.05, 4.69) is 5.10 Å². The maximum Gasteiger partial charge on any atom is 0.131 e. The molecule has 0 aromatic carbocycles. The summed E-state index contributed by atoms with van der Waals surface area (Å²) in [5, 5.41) is 5.13. The Hall–Kier alpha value is -0.150. The second-order valence-corrected chi connectivity index (χ2v) is 6.03. The zero-order chi connectivity index (χ0) is 11.5. The molecule has 1 heterocycles. The Morgan fingerprint density at radius 1 is 1.44 bits per heavy atom. The number of thioether (sulfide) groups is 1. The minimum Gasteiger partial charge on any atom is -0.257 e. The number of nitrogens with zero attached hydrogens (tertiary/aromatic N) is 2. The first-order valence-electron chi connectivity index (χ1n) is 5.94. The quantitative estimate of drug-likeness (QED) is 0.818. The van der Waals surface area contributed by atoms with Crippen LogP contribution < -0.4 is 0 Å². The van der Waals surface area contributed by atoms with Crippen molar-refractivity contribution in [3.63, 3.8) is 0 Å². The first-order valence-corrected chi connectivity index (χ1v) is 7.47. The summed E-state index contributed by atoms with van der Waals surface area (Å²) in [5.74, 6) is 3.24. The van der Waals surface area contributed by atoms with Crippen molar-refractivity contribution in [2.24, 2.45) is 13.0 Å². The van der Waals surface area contributed by atoms with Crippen molar-refractivity contribution < 1.29 is 0 Å². The average molecular weight is 259 g/mol. The molecule has 1 fully saturated rings. The van der Waals surface area contributed by atoms with Gasteiger partial charge in [0.05, 0.1) is 5.69 Å². The lowest BCUT2D eigenvalue weighted by Crippen LogP contribution is -1.97. The molecule has 16 heavy (non-hydrogen) atoms. The minimum absolute atomic E-state index is 0.802. The molecule has 0 bridgehead atoms. The van der Waals surface area contributed by atoms with Crippen LogP contribution in [-0.4, -0.2) is 15.5 Å². The lowest BCUT2D eigenvalue weighted by atomic mass is 10.1. The van der Waals surface area contributed by atoms with Crippen LogP contribution in [0.1, 0.15) is 36.9 Å². The lowest BCUT2D eigenvalue weighted by Gasteiger charge is -2.07. The third-order valence-electron chi connectivity index (χ3n) is 3.34. The number of aromatic nitrogens is 2. The number of aryl methyl sites for hydroxylation is 2. The van der Waals surface area contributed by atoms with E-state index in [1.54, 1.807) is 4.68 Å². The molecule has 0 radical (unpaired) electrons. The molecule has 2 nitrogen and oxygen atoms in total. The van der Waals surface area contributed by atoms with Gasteiger partial charge in [-0.3, -0.25) is 4.68 Å². The molecule has 0 N–H and O–H groups in total. The summed E-state index contributed by atoms with van der Waals surface area (Å²) in [5.41, 5.74) is 2.29. The van der Waals surface area contributed by atoms with Crippen molar-refractivity contribution >= 4 is 23.4 Å². The first kappa shape index (κ1) is 12.3. The van der Waals surface area contributed by atoms with E-state index in [0.717, 1.165) is 22.5 Å². The molecule has 0 atom stereocenters. The summed E-state index contributed by atoms with van der Waals surface area (Å²) < 4.78 is 1.77. The van der Waals surface area contributed by atoms with Crippen molar-refractivity contribution in [1.82, 2.24) is 9.78 Å². The Labute approximate surface area is 107 Å². The van der Waals surface area contributed by atoms with Crippen molar-refractivity contribution in [1.29, 1.82) is 0 Å². The molecule has 0 amide bonds. The van der Waals surface area contributed by atoms with Crippen molar-refractivity contribution in [3.05, 3.63) is 16.4 Å². The van der Waals surface area contributed by atoms with Gasteiger partial charge < -0.3 is 0 Å². The van der Waals surface area contributed by atoms with Gasteiger partial charge in [0.15, 0.2) is 0 Å². The molecule has 90 valence electrons. The van der Waals surface area contributed by atoms with Gasteiger partial charge in [0.1, 0.15) is 5.15 Å². The van der Waals surface area contributed by atoms with Crippen LogP contribution in [0.2, 0.25) is 5.15 Å². The normalized spacial score (nSPS) is 17.2. The summed E-state index contributed by atoms with van der Waals surface area (Å²) in [7, 11) is 1.90. The molecular weight excluding hydrogens is 240 g/mol. The summed E-state index contributed by atoms with van der Waals surface area (Å²) in [6.07, 6.45) is 5.70. The highest BCUT2D eigenvalue weighted by atomic mass is 35.5. The van der Waals surface area contributed by atoms with Crippen LogP contribution >= 0.6 is 23.4 Å². The third kappa shape index (κ3) is 2.75. The fourth-order valence-electron chi connectivity index (χ4n) is 2.34. The Morgan fingerprint density at radius 3 is 2.69 bits per heavy atom. The smallest absolute Gasteiger partial charge is 0.131 e. The minimum atomic E-state index is 0.802. The molecule has 4 heteroatoms. The van der Waals surface area contributed by atoms with Crippen LogP contribution in [0.15, 0.2) is 0 Å². The van der Waals surface area contributed by atoms with Gasteiger partial charge in [0.25, 0.3) is 0 Å². The van der Waals surface area contributed by atoms with Gasteiger partial charge in [-0.1, -0.05) is 24.4 Å². The number of rotatable bonds is 4. The molecule has 1 aliphatic rings. The van der Waals surface area contributed by atoms with E-state index in [1.807, 2.05) is 25.7 Å². The van der Waals surface area contributed by atoms with Crippen molar-refractivity contribution in [2.45, 2.75) is 38.4 Å². The zero-order valence-corrected chi connectivity index (χ0v) is 11.6. The highest BCUT2D eigenvalue weighted by molar-refractivity contribution is 7.98. The summed E-state index contributed by atoms with van der Waals surface area (Å²) >= 11 is 8.20.